The van der Waals surface area contributed by atoms with E-state index in [1.54, 1.807) is 33.2 Å². The standard InChI is InChI=1S/C20H24N4O3/c1-20(2,3)27-19(26)24-11-5-7-17(24)18(25)23-22-13-14-8-9-16-15(12-14)6-4-10-21-16/h4,6,8-10,12-13,17H,5,7,11H2,1-3H3,(H,23,25)/t17-/m0/s1. The van der Waals surface area contributed by atoms with Crippen LogP contribution >= 0.6 is 0 Å². The van der Waals surface area contributed by atoms with Gasteiger partial charge in [-0.1, -0.05) is 12.1 Å². The number of hydrogen-bond acceptors (Lipinski definition) is 5. The number of benzene rings is 1. The minimum absolute atomic E-state index is 0.308. The van der Waals surface area contributed by atoms with Gasteiger partial charge in [-0.25, -0.2) is 10.2 Å². The first kappa shape index (κ1) is 18.8. The molecule has 0 unspecified atom stereocenters. The van der Waals surface area contributed by atoms with E-state index in [2.05, 4.69) is 15.5 Å². The molecule has 1 aromatic carbocycles. The quantitative estimate of drug-likeness (QED) is 0.666. The summed E-state index contributed by atoms with van der Waals surface area (Å²) < 4.78 is 5.38. The first-order valence-corrected chi connectivity index (χ1v) is 9.01. The summed E-state index contributed by atoms with van der Waals surface area (Å²) in [6.07, 6.45) is 4.22. The van der Waals surface area contributed by atoms with Crippen LogP contribution < -0.4 is 5.43 Å². The number of aromatic nitrogens is 1. The lowest BCUT2D eigenvalue weighted by molar-refractivity contribution is -0.125. The van der Waals surface area contributed by atoms with Crippen molar-refractivity contribution in [3.05, 3.63) is 42.1 Å². The molecule has 1 aliphatic heterocycles. The third-order valence-corrected chi connectivity index (χ3v) is 4.20. The maximum atomic E-state index is 12.4. The smallest absolute Gasteiger partial charge is 0.410 e. The average molecular weight is 368 g/mol. The topological polar surface area (TPSA) is 83.9 Å². The van der Waals surface area contributed by atoms with Gasteiger partial charge in [0.25, 0.3) is 5.91 Å². The van der Waals surface area contributed by atoms with E-state index in [4.69, 9.17) is 4.74 Å². The molecule has 0 spiro atoms. The maximum absolute atomic E-state index is 12.4. The first-order valence-electron chi connectivity index (χ1n) is 9.01. The van der Waals surface area contributed by atoms with E-state index in [1.165, 1.54) is 4.90 Å². The average Bonchev–Trinajstić information content (AvgIpc) is 3.10. The van der Waals surface area contributed by atoms with Crippen molar-refractivity contribution in [3.8, 4) is 0 Å². The van der Waals surface area contributed by atoms with Crippen molar-refractivity contribution in [1.82, 2.24) is 15.3 Å². The van der Waals surface area contributed by atoms with Crippen molar-refractivity contribution in [2.75, 3.05) is 6.54 Å². The van der Waals surface area contributed by atoms with Crippen LogP contribution in [0.15, 0.2) is 41.6 Å². The van der Waals surface area contributed by atoms with Crippen molar-refractivity contribution in [2.24, 2.45) is 5.10 Å². The molecule has 3 rings (SSSR count). The SMILES string of the molecule is CC(C)(C)OC(=O)N1CCC[C@H]1C(=O)NN=Cc1ccc2ncccc2c1. The molecule has 1 aliphatic rings. The summed E-state index contributed by atoms with van der Waals surface area (Å²) in [7, 11) is 0. The summed E-state index contributed by atoms with van der Waals surface area (Å²) in [4.78, 5) is 30.5. The number of ether oxygens (including phenoxy) is 1. The second-order valence-corrected chi connectivity index (χ2v) is 7.52. The molecule has 7 heteroatoms. The molecule has 7 nitrogen and oxygen atoms in total. The Hall–Kier alpha value is -2.96. The predicted molar refractivity (Wildman–Crippen MR) is 103 cm³/mol. The molecule has 1 saturated heterocycles. The van der Waals surface area contributed by atoms with Crippen LogP contribution in [0.2, 0.25) is 0 Å². The second-order valence-electron chi connectivity index (χ2n) is 7.52. The predicted octanol–water partition coefficient (Wildman–Crippen LogP) is 3.08. The largest absolute Gasteiger partial charge is 0.444 e. The Kier molecular flexibility index (Phi) is 5.39. The number of amides is 2. The summed E-state index contributed by atoms with van der Waals surface area (Å²) in [6.45, 7) is 5.92. The first-order chi connectivity index (χ1) is 12.8. The van der Waals surface area contributed by atoms with E-state index >= 15 is 0 Å². The minimum atomic E-state index is -0.593. The van der Waals surface area contributed by atoms with Crippen molar-refractivity contribution >= 4 is 29.1 Å². The molecule has 0 saturated carbocycles. The number of nitrogens with one attached hydrogen (secondary N) is 1. The van der Waals surface area contributed by atoms with Crippen LogP contribution in [0, 0.1) is 0 Å². The Morgan fingerprint density at radius 1 is 1.33 bits per heavy atom. The summed E-state index contributed by atoms with van der Waals surface area (Å²) in [5, 5.41) is 5.04. The van der Waals surface area contributed by atoms with E-state index in [9.17, 15) is 9.59 Å². The highest BCUT2D eigenvalue weighted by molar-refractivity contribution is 5.90. The molecule has 2 aromatic rings. The van der Waals surface area contributed by atoms with Gasteiger partial charge in [0.15, 0.2) is 0 Å². The van der Waals surface area contributed by atoms with Crippen LogP contribution in [-0.4, -0.2) is 46.3 Å². The zero-order valence-electron chi connectivity index (χ0n) is 15.8. The van der Waals surface area contributed by atoms with Gasteiger partial charge in [0.1, 0.15) is 11.6 Å². The zero-order chi connectivity index (χ0) is 19.4. The molecule has 142 valence electrons. The van der Waals surface area contributed by atoms with Crippen molar-refractivity contribution in [1.29, 1.82) is 0 Å². The molecule has 1 fully saturated rings. The summed E-state index contributed by atoms with van der Waals surface area (Å²) in [6, 6.07) is 9.01. The van der Waals surface area contributed by atoms with Gasteiger partial charge >= 0.3 is 6.09 Å². The van der Waals surface area contributed by atoms with E-state index in [0.717, 1.165) is 22.9 Å². The Balaban J connectivity index is 1.62. The van der Waals surface area contributed by atoms with E-state index < -0.39 is 17.7 Å². The molecule has 0 radical (unpaired) electrons. The number of hydrogen-bond donors (Lipinski definition) is 1. The van der Waals surface area contributed by atoms with Gasteiger partial charge in [0.2, 0.25) is 0 Å². The highest BCUT2D eigenvalue weighted by atomic mass is 16.6. The molecule has 0 aliphatic carbocycles. The summed E-state index contributed by atoms with van der Waals surface area (Å²) in [5.74, 6) is -0.308. The Bertz CT molecular complexity index is 873. The van der Waals surface area contributed by atoms with Gasteiger partial charge in [-0.05, 0) is 57.4 Å². The molecule has 1 aromatic heterocycles. The number of hydrazone groups is 1. The van der Waals surface area contributed by atoms with Crippen molar-refractivity contribution in [2.45, 2.75) is 45.3 Å². The second kappa shape index (κ2) is 7.73. The Labute approximate surface area is 158 Å². The van der Waals surface area contributed by atoms with Gasteiger partial charge in [-0.2, -0.15) is 5.10 Å². The molecule has 1 N–H and O–H groups in total. The molecule has 27 heavy (non-hydrogen) atoms. The maximum Gasteiger partial charge on any atom is 0.410 e. The highest BCUT2D eigenvalue weighted by Gasteiger charge is 2.36. The Morgan fingerprint density at radius 2 is 2.15 bits per heavy atom. The number of nitrogens with zero attached hydrogens (tertiary/aromatic N) is 3. The lowest BCUT2D eigenvalue weighted by Crippen LogP contribution is -2.46. The summed E-state index contributed by atoms with van der Waals surface area (Å²) >= 11 is 0. The van der Waals surface area contributed by atoms with Crippen LogP contribution in [0.1, 0.15) is 39.2 Å². The molecule has 0 bridgehead atoms. The fourth-order valence-electron chi connectivity index (χ4n) is 3.00. The summed E-state index contributed by atoms with van der Waals surface area (Å²) in [5.41, 5.74) is 3.69. The fourth-order valence-corrected chi connectivity index (χ4v) is 3.00. The van der Waals surface area contributed by atoms with Crippen LogP contribution in [-0.2, 0) is 9.53 Å². The number of carbonyl (C=O) groups excluding carboxylic acids is 2. The van der Waals surface area contributed by atoms with Gasteiger partial charge in [0, 0.05) is 18.1 Å². The number of pyridine rings is 1. The monoisotopic (exact) mass is 368 g/mol. The number of carbonyl (C=O) groups is 2. The van der Waals surface area contributed by atoms with E-state index in [1.807, 2.05) is 30.3 Å². The molecule has 2 heterocycles. The van der Waals surface area contributed by atoms with Crippen molar-refractivity contribution < 1.29 is 14.3 Å². The van der Waals surface area contributed by atoms with Gasteiger partial charge in [0.05, 0.1) is 11.7 Å². The molecule has 1 atom stereocenters. The lowest BCUT2D eigenvalue weighted by atomic mass is 10.1. The van der Waals surface area contributed by atoms with Crippen molar-refractivity contribution in [3.63, 3.8) is 0 Å². The number of fused-ring (bicyclic) bond motifs is 1. The minimum Gasteiger partial charge on any atom is -0.444 e. The van der Waals surface area contributed by atoms with Crippen LogP contribution in [0.4, 0.5) is 4.79 Å². The van der Waals surface area contributed by atoms with Crippen LogP contribution in [0.25, 0.3) is 10.9 Å². The van der Waals surface area contributed by atoms with Crippen LogP contribution in [0.3, 0.4) is 0 Å². The van der Waals surface area contributed by atoms with Crippen LogP contribution in [0.5, 0.6) is 0 Å². The Morgan fingerprint density at radius 3 is 2.93 bits per heavy atom. The van der Waals surface area contributed by atoms with Gasteiger partial charge in [-0.15, -0.1) is 0 Å². The molecular formula is C20H24N4O3. The number of likely N-dealkylation sites (tertiary alicyclic amines) is 1. The van der Waals surface area contributed by atoms with E-state index in [0.29, 0.717) is 13.0 Å². The third-order valence-electron chi connectivity index (χ3n) is 4.20. The normalized spacial score (nSPS) is 17.4. The van der Waals surface area contributed by atoms with Gasteiger partial charge < -0.3 is 4.74 Å². The number of rotatable bonds is 3. The van der Waals surface area contributed by atoms with Gasteiger partial charge in [-0.3, -0.25) is 14.7 Å². The fraction of sp³-hybridized carbons (Fsp3) is 0.400. The molecular weight excluding hydrogens is 344 g/mol. The molecule has 2 amide bonds. The zero-order valence-corrected chi connectivity index (χ0v) is 15.8. The van der Waals surface area contributed by atoms with E-state index in [-0.39, 0.29) is 5.91 Å². The highest BCUT2D eigenvalue weighted by Crippen LogP contribution is 2.21. The lowest BCUT2D eigenvalue weighted by Gasteiger charge is -2.27. The third kappa shape index (κ3) is 4.81.